The lowest BCUT2D eigenvalue weighted by Crippen LogP contribution is -2.26. The molecular formula is C12H21ClN2O2. The molecule has 1 aromatic rings. The Morgan fingerprint density at radius 1 is 1.24 bits per heavy atom. The van der Waals surface area contributed by atoms with Crippen molar-refractivity contribution >= 4 is 18.1 Å². The molecule has 0 heterocycles. The van der Waals surface area contributed by atoms with Crippen molar-refractivity contribution in [3.05, 3.63) is 29.8 Å². The number of aliphatic hydroxyl groups is 2. The van der Waals surface area contributed by atoms with Crippen molar-refractivity contribution in [2.45, 2.75) is 12.5 Å². The number of anilines is 1. The molecule has 0 aliphatic heterocycles. The second-order valence-corrected chi connectivity index (χ2v) is 3.96. The highest BCUT2D eigenvalue weighted by atomic mass is 35.5. The molecule has 0 saturated carbocycles. The SMILES string of the molecule is CN(CCO)c1ccc(CC(N)CO)cc1.Cl. The van der Waals surface area contributed by atoms with Crippen LogP contribution in [0.25, 0.3) is 0 Å². The normalized spacial score (nSPS) is 11.8. The van der Waals surface area contributed by atoms with E-state index in [1.165, 1.54) is 0 Å². The van der Waals surface area contributed by atoms with E-state index in [1.54, 1.807) is 0 Å². The third-order valence-electron chi connectivity index (χ3n) is 2.54. The summed E-state index contributed by atoms with van der Waals surface area (Å²) < 4.78 is 0. The van der Waals surface area contributed by atoms with Gasteiger partial charge >= 0.3 is 0 Å². The number of halogens is 1. The summed E-state index contributed by atoms with van der Waals surface area (Å²) in [7, 11) is 1.94. The van der Waals surface area contributed by atoms with Gasteiger partial charge in [-0.1, -0.05) is 12.1 Å². The van der Waals surface area contributed by atoms with Gasteiger partial charge in [0, 0.05) is 25.3 Å². The Kier molecular flexibility index (Phi) is 7.91. The first-order chi connectivity index (χ1) is 7.67. The smallest absolute Gasteiger partial charge is 0.0606 e. The largest absolute Gasteiger partial charge is 0.395 e. The molecule has 1 rings (SSSR count). The number of likely N-dealkylation sites (N-methyl/N-ethyl adjacent to an activating group) is 1. The molecule has 17 heavy (non-hydrogen) atoms. The second kappa shape index (κ2) is 8.31. The predicted octanol–water partition coefficient (Wildman–Crippen LogP) is 0.399. The summed E-state index contributed by atoms with van der Waals surface area (Å²) in [6, 6.07) is 7.79. The summed E-state index contributed by atoms with van der Waals surface area (Å²) in [6.45, 7) is 0.773. The Hall–Kier alpha value is -0.810. The maximum absolute atomic E-state index is 8.85. The minimum Gasteiger partial charge on any atom is -0.395 e. The summed E-state index contributed by atoms with van der Waals surface area (Å²) in [5.74, 6) is 0. The molecule has 98 valence electrons. The minimum atomic E-state index is -0.193. The number of nitrogens with zero attached hydrogens (tertiary/aromatic N) is 1. The van der Waals surface area contributed by atoms with Crippen molar-refractivity contribution in [3.63, 3.8) is 0 Å². The lowest BCUT2D eigenvalue weighted by molar-refractivity contribution is 0.265. The predicted molar refractivity (Wildman–Crippen MR) is 72.8 cm³/mol. The molecule has 1 atom stereocenters. The lowest BCUT2D eigenvalue weighted by Gasteiger charge is -2.18. The lowest BCUT2D eigenvalue weighted by atomic mass is 10.1. The molecule has 0 aliphatic rings. The van der Waals surface area contributed by atoms with E-state index in [9.17, 15) is 0 Å². The Bertz CT molecular complexity index is 306. The maximum atomic E-state index is 8.85. The number of nitrogens with two attached hydrogens (primary N) is 1. The van der Waals surface area contributed by atoms with E-state index < -0.39 is 0 Å². The average molecular weight is 261 g/mol. The van der Waals surface area contributed by atoms with E-state index in [-0.39, 0.29) is 31.7 Å². The van der Waals surface area contributed by atoms with E-state index in [4.69, 9.17) is 15.9 Å². The van der Waals surface area contributed by atoms with Gasteiger partial charge in [0.05, 0.1) is 13.2 Å². The molecular weight excluding hydrogens is 240 g/mol. The van der Waals surface area contributed by atoms with Crippen LogP contribution in [0.2, 0.25) is 0 Å². The first-order valence-corrected chi connectivity index (χ1v) is 5.44. The topological polar surface area (TPSA) is 69.7 Å². The molecule has 4 nitrogen and oxygen atoms in total. The highest BCUT2D eigenvalue weighted by molar-refractivity contribution is 5.85. The monoisotopic (exact) mass is 260 g/mol. The molecule has 1 aromatic carbocycles. The average Bonchev–Trinajstić information content (AvgIpc) is 2.30. The summed E-state index contributed by atoms with van der Waals surface area (Å²) in [5, 5.41) is 17.7. The fraction of sp³-hybridized carbons (Fsp3) is 0.500. The third kappa shape index (κ3) is 5.37. The molecule has 0 bridgehead atoms. The standard InChI is InChI=1S/C12H20N2O2.ClH/c1-14(6-7-15)12-4-2-10(3-5-12)8-11(13)9-16;/h2-5,11,15-16H,6-9,13H2,1H3;1H. The van der Waals surface area contributed by atoms with Gasteiger partial charge < -0.3 is 20.8 Å². The summed E-state index contributed by atoms with van der Waals surface area (Å²) >= 11 is 0. The highest BCUT2D eigenvalue weighted by Gasteiger charge is 2.03. The van der Waals surface area contributed by atoms with Crippen molar-refractivity contribution in [2.75, 3.05) is 31.7 Å². The fourth-order valence-electron chi connectivity index (χ4n) is 1.53. The van der Waals surface area contributed by atoms with Gasteiger partial charge in [0.15, 0.2) is 0 Å². The van der Waals surface area contributed by atoms with Crippen molar-refractivity contribution in [2.24, 2.45) is 5.73 Å². The van der Waals surface area contributed by atoms with Crippen LogP contribution in [0.5, 0.6) is 0 Å². The first-order valence-electron chi connectivity index (χ1n) is 5.44. The van der Waals surface area contributed by atoms with E-state index in [2.05, 4.69) is 0 Å². The van der Waals surface area contributed by atoms with E-state index >= 15 is 0 Å². The van der Waals surface area contributed by atoms with Crippen molar-refractivity contribution < 1.29 is 10.2 Å². The van der Waals surface area contributed by atoms with Crippen molar-refractivity contribution in [1.82, 2.24) is 0 Å². The number of benzene rings is 1. The summed E-state index contributed by atoms with van der Waals surface area (Å²) in [6.07, 6.45) is 0.681. The van der Waals surface area contributed by atoms with Gasteiger partial charge in [0.25, 0.3) is 0 Å². The van der Waals surface area contributed by atoms with Crippen LogP contribution in [0.1, 0.15) is 5.56 Å². The van der Waals surface area contributed by atoms with E-state index in [1.807, 2.05) is 36.2 Å². The number of hydrogen-bond donors (Lipinski definition) is 3. The van der Waals surface area contributed by atoms with Gasteiger partial charge in [0.2, 0.25) is 0 Å². The maximum Gasteiger partial charge on any atom is 0.0606 e. The van der Waals surface area contributed by atoms with Gasteiger partial charge in [-0.25, -0.2) is 0 Å². The fourth-order valence-corrected chi connectivity index (χ4v) is 1.53. The molecule has 5 heteroatoms. The highest BCUT2D eigenvalue weighted by Crippen LogP contribution is 2.14. The van der Waals surface area contributed by atoms with E-state index in [0.717, 1.165) is 11.3 Å². The van der Waals surface area contributed by atoms with Crippen LogP contribution in [0.3, 0.4) is 0 Å². The summed E-state index contributed by atoms with van der Waals surface area (Å²) in [4.78, 5) is 1.98. The molecule has 0 saturated heterocycles. The van der Waals surface area contributed by atoms with Gasteiger partial charge in [0.1, 0.15) is 0 Å². The molecule has 0 spiro atoms. The zero-order chi connectivity index (χ0) is 12.0. The zero-order valence-electron chi connectivity index (χ0n) is 10.0. The third-order valence-corrected chi connectivity index (χ3v) is 2.54. The molecule has 0 aromatic heterocycles. The van der Waals surface area contributed by atoms with Crippen LogP contribution in [-0.4, -0.2) is 43.1 Å². The van der Waals surface area contributed by atoms with Crippen LogP contribution in [-0.2, 0) is 6.42 Å². The molecule has 0 amide bonds. The number of hydrogen-bond acceptors (Lipinski definition) is 4. The Morgan fingerprint density at radius 3 is 2.29 bits per heavy atom. The Balaban J connectivity index is 0.00000256. The van der Waals surface area contributed by atoms with Crippen molar-refractivity contribution in [1.29, 1.82) is 0 Å². The van der Waals surface area contributed by atoms with E-state index in [0.29, 0.717) is 13.0 Å². The van der Waals surface area contributed by atoms with Gasteiger partial charge in [-0.05, 0) is 24.1 Å². The van der Waals surface area contributed by atoms with Crippen LogP contribution in [0, 0.1) is 0 Å². The van der Waals surface area contributed by atoms with Crippen molar-refractivity contribution in [3.8, 4) is 0 Å². The van der Waals surface area contributed by atoms with Gasteiger partial charge in [-0.3, -0.25) is 0 Å². The van der Waals surface area contributed by atoms with Crippen LogP contribution in [0.4, 0.5) is 5.69 Å². The van der Waals surface area contributed by atoms with Gasteiger partial charge in [-0.15, -0.1) is 12.4 Å². The molecule has 4 N–H and O–H groups in total. The Morgan fingerprint density at radius 2 is 1.82 bits per heavy atom. The Labute approximate surface area is 108 Å². The molecule has 1 unspecified atom stereocenters. The number of aliphatic hydroxyl groups excluding tert-OH is 2. The number of rotatable bonds is 6. The molecule has 0 fully saturated rings. The second-order valence-electron chi connectivity index (χ2n) is 3.96. The summed E-state index contributed by atoms with van der Waals surface area (Å²) in [5.41, 5.74) is 7.84. The molecule has 0 aliphatic carbocycles. The quantitative estimate of drug-likeness (QED) is 0.693. The zero-order valence-corrected chi connectivity index (χ0v) is 10.9. The van der Waals surface area contributed by atoms with Crippen LogP contribution in [0.15, 0.2) is 24.3 Å². The van der Waals surface area contributed by atoms with Crippen LogP contribution < -0.4 is 10.6 Å². The minimum absolute atomic E-state index is 0. The molecule has 0 radical (unpaired) electrons. The first kappa shape index (κ1) is 16.2. The van der Waals surface area contributed by atoms with Gasteiger partial charge in [-0.2, -0.15) is 0 Å². The van der Waals surface area contributed by atoms with Crippen LogP contribution >= 0.6 is 12.4 Å².